The highest BCUT2D eigenvalue weighted by atomic mass is 19.3. The molecule has 2 aromatic rings. The standard InChI is InChI=1S/C24H30F2N2O6/c1-4-33-19-7-5-16(13-21(19)30-2)18(28-9-11-32-12-10-28)15-27-23(29)17-6-8-20(34-24(25)26)22(14-17)31-3/h5-8,13-14,18,24H,4,9-12,15H2,1-3H3,(H,27,29). The highest BCUT2D eigenvalue weighted by Crippen LogP contribution is 2.33. The summed E-state index contributed by atoms with van der Waals surface area (Å²) in [6, 6.07) is 9.67. The van der Waals surface area contributed by atoms with Crippen LogP contribution in [0.15, 0.2) is 36.4 Å². The molecular formula is C24H30F2N2O6. The average molecular weight is 481 g/mol. The van der Waals surface area contributed by atoms with E-state index in [-0.39, 0.29) is 29.0 Å². The molecule has 10 heteroatoms. The van der Waals surface area contributed by atoms with Crippen LogP contribution in [-0.4, -0.2) is 71.1 Å². The fourth-order valence-corrected chi connectivity index (χ4v) is 3.81. The summed E-state index contributed by atoms with van der Waals surface area (Å²) in [7, 11) is 2.91. The number of nitrogens with zero attached hydrogens (tertiary/aromatic N) is 1. The largest absolute Gasteiger partial charge is 0.493 e. The van der Waals surface area contributed by atoms with Crippen molar-refractivity contribution in [3.63, 3.8) is 0 Å². The van der Waals surface area contributed by atoms with Crippen molar-refractivity contribution in [3.05, 3.63) is 47.5 Å². The Kier molecular flexibility index (Phi) is 9.29. The number of benzene rings is 2. The number of carbonyl (C=O) groups is 1. The maximum absolute atomic E-state index is 12.9. The molecule has 34 heavy (non-hydrogen) atoms. The summed E-state index contributed by atoms with van der Waals surface area (Å²) < 4.78 is 51.3. The van der Waals surface area contributed by atoms with E-state index >= 15 is 0 Å². The van der Waals surface area contributed by atoms with Gasteiger partial charge in [0, 0.05) is 25.2 Å². The summed E-state index contributed by atoms with van der Waals surface area (Å²) in [5, 5.41) is 2.95. The van der Waals surface area contributed by atoms with E-state index in [1.165, 1.54) is 25.3 Å². The number of nitrogens with one attached hydrogen (secondary N) is 1. The van der Waals surface area contributed by atoms with Gasteiger partial charge in [-0.2, -0.15) is 8.78 Å². The Hall–Kier alpha value is -3.11. The number of alkyl halides is 2. The van der Waals surface area contributed by atoms with E-state index in [0.29, 0.717) is 51.0 Å². The topological polar surface area (TPSA) is 78.5 Å². The highest BCUT2D eigenvalue weighted by Gasteiger charge is 2.25. The van der Waals surface area contributed by atoms with E-state index in [1.54, 1.807) is 7.11 Å². The van der Waals surface area contributed by atoms with Gasteiger partial charge >= 0.3 is 6.61 Å². The molecular weight excluding hydrogens is 450 g/mol. The van der Waals surface area contributed by atoms with Crippen LogP contribution >= 0.6 is 0 Å². The van der Waals surface area contributed by atoms with E-state index in [9.17, 15) is 13.6 Å². The summed E-state index contributed by atoms with van der Waals surface area (Å²) >= 11 is 0. The van der Waals surface area contributed by atoms with Crippen LogP contribution in [0.5, 0.6) is 23.0 Å². The molecule has 0 bridgehead atoms. The second-order valence-electron chi connectivity index (χ2n) is 7.46. The Labute approximate surface area is 197 Å². The predicted molar refractivity (Wildman–Crippen MR) is 121 cm³/mol. The third-order valence-corrected chi connectivity index (χ3v) is 5.46. The number of morpholine rings is 1. The van der Waals surface area contributed by atoms with Gasteiger partial charge in [0.2, 0.25) is 0 Å². The van der Waals surface area contributed by atoms with Crippen molar-refractivity contribution in [1.82, 2.24) is 10.2 Å². The van der Waals surface area contributed by atoms with E-state index in [1.807, 2.05) is 25.1 Å². The third kappa shape index (κ3) is 6.48. The molecule has 1 saturated heterocycles. The van der Waals surface area contributed by atoms with E-state index in [0.717, 1.165) is 5.56 Å². The minimum Gasteiger partial charge on any atom is -0.493 e. The molecule has 186 valence electrons. The molecule has 8 nitrogen and oxygen atoms in total. The fourth-order valence-electron chi connectivity index (χ4n) is 3.81. The SMILES string of the molecule is CCOc1ccc(C(CNC(=O)c2ccc(OC(F)F)c(OC)c2)N2CCOCC2)cc1OC. The van der Waals surface area contributed by atoms with Crippen LogP contribution in [0.25, 0.3) is 0 Å². The minimum absolute atomic E-state index is 0.0499. The van der Waals surface area contributed by atoms with Crippen LogP contribution in [0.1, 0.15) is 28.9 Å². The van der Waals surface area contributed by atoms with Crippen LogP contribution in [-0.2, 0) is 4.74 Å². The quantitative estimate of drug-likeness (QED) is 0.527. The molecule has 1 aliphatic heterocycles. The Morgan fingerprint density at radius 3 is 2.35 bits per heavy atom. The van der Waals surface area contributed by atoms with Gasteiger partial charge in [-0.15, -0.1) is 0 Å². The number of carbonyl (C=O) groups excluding carboxylic acids is 1. The van der Waals surface area contributed by atoms with Gasteiger partial charge in [0.1, 0.15) is 0 Å². The van der Waals surface area contributed by atoms with Crippen LogP contribution < -0.4 is 24.3 Å². The molecule has 1 atom stereocenters. The van der Waals surface area contributed by atoms with Crippen molar-refractivity contribution in [2.24, 2.45) is 0 Å². The number of amides is 1. The van der Waals surface area contributed by atoms with Gasteiger partial charge in [-0.3, -0.25) is 9.69 Å². The van der Waals surface area contributed by atoms with Gasteiger partial charge in [-0.05, 0) is 42.8 Å². The Morgan fingerprint density at radius 2 is 1.71 bits per heavy atom. The first-order chi connectivity index (χ1) is 16.5. The third-order valence-electron chi connectivity index (χ3n) is 5.46. The van der Waals surface area contributed by atoms with Crippen LogP contribution in [0.4, 0.5) is 8.78 Å². The zero-order chi connectivity index (χ0) is 24.5. The zero-order valence-electron chi connectivity index (χ0n) is 19.5. The number of ether oxygens (including phenoxy) is 5. The first-order valence-electron chi connectivity index (χ1n) is 11.0. The Balaban J connectivity index is 1.79. The van der Waals surface area contributed by atoms with E-state index in [4.69, 9.17) is 18.9 Å². The number of halogens is 2. The van der Waals surface area contributed by atoms with Gasteiger partial charge in [-0.25, -0.2) is 0 Å². The second kappa shape index (κ2) is 12.4. The molecule has 0 saturated carbocycles. The fraction of sp³-hybridized carbons (Fsp3) is 0.458. The summed E-state index contributed by atoms with van der Waals surface area (Å²) in [4.78, 5) is 15.1. The lowest BCUT2D eigenvalue weighted by atomic mass is 10.0. The Morgan fingerprint density at radius 1 is 1.03 bits per heavy atom. The first kappa shape index (κ1) is 25.5. The lowest BCUT2D eigenvalue weighted by Crippen LogP contribution is -2.43. The van der Waals surface area contributed by atoms with Crippen molar-refractivity contribution in [2.75, 3.05) is 53.7 Å². The second-order valence-corrected chi connectivity index (χ2v) is 7.46. The van der Waals surface area contributed by atoms with Crippen molar-refractivity contribution < 1.29 is 37.3 Å². The number of methoxy groups -OCH3 is 2. The summed E-state index contributed by atoms with van der Waals surface area (Å²) in [6.07, 6.45) is 0. The number of rotatable bonds is 11. The van der Waals surface area contributed by atoms with Gasteiger partial charge < -0.3 is 29.0 Å². The van der Waals surface area contributed by atoms with Crippen molar-refractivity contribution in [3.8, 4) is 23.0 Å². The molecule has 0 aliphatic carbocycles. The maximum Gasteiger partial charge on any atom is 0.387 e. The van der Waals surface area contributed by atoms with Crippen molar-refractivity contribution in [1.29, 1.82) is 0 Å². The molecule has 1 unspecified atom stereocenters. The molecule has 2 aromatic carbocycles. The maximum atomic E-state index is 12.9. The van der Waals surface area contributed by atoms with Crippen LogP contribution in [0.3, 0.4) is 0 Å². The summed E-state index contributed by atoms with van der Waals surface area (Å²) in [5.74, 6) is 0.814. The van der Waals surface area contributed by atoms with Crippen LogP contribution in [0.2, 0.25) is 0 Å². The van der Waals surface area contributed by atoms with Gasteiger partial charge in [0.05, 0.1) is 40.1 Å². The van der Waals surface area contributed by atoms with Crippen molar-refractivity contribution in [2.45, 2.75) is 19.6 Å². The lowest BCUT2D eigenvalue weighted by Gasteiger charge is -2.35. The highest BCUT2D eigenvalue weighted by molar-refractivity contribution is 5.94. The molecule has 3 rings (SSSR count). The van der Waals surface area contributed by atoms with E-state index in [2.05, 4.69) is 15.0 Å². The molecule has 0 spiro atoms. The van der Waals surface area contributed by atoms with Crippen molar-refractivity contribution >= 4 is 5.91 Å². The predicted octanol–water partition coefficient (Wildman–Crippen LogP) is 3.51. The minimum atomic E-state index is -2.99. The normalized spacial score (nSPS) is 15.0. The molecule has 0 radical (unpaired) electrons. The lowest BCUT2D eigenvalue weighted by molar-refractivity contribution is -0.0512. The monoisotopic (exact) mass is 480 g/mol. The average Bonchev–Trinajstić information content (AvgIpc) is 2.85. The smallest absolute Gasteiger partial charge is 0.387 e. The molecule has 1 fully saturated rings. The van der Waals surface area contributed by atoms with Gasteiger partial charge in [0.25, 0.3) is 5.91 Å². The molecule has 1 N–H and O–H groups in total. The number of hydrogen-bond acceptors (Lipinski definition) is 7. The summed E-state index contributed by atoms with van der Waals surface area (Å²) in [6.45, 7) is 2.36. The van der Waals surface area contributed by atoms with Gasteiger partial charge in [-0.1, -0.05) is 6.07 Å². The van der Waals surface area contributed by atoms with Crippen LogP contribution in [0, 0.1) is 0 Å². The Bertz CT molecular complexity index is 953. The molecule has 1 amide bonds. The number of hydrogen-bond donors (Lipinski definition) is 1. The summed E-state index contributed by atoms with van der Waals surface area (Å²) in [5.41, 5.74) is 1.23. The molecule has 1 aliphatic rings. The first-order valence-corrected chi connectivity index (χ1v) is 11.0. The zero-order valence-corrected chi connectivity index (χ0v) is 19.5. The van der Waals surface area contributed by atoms with E-state index < -0.39 is 6.61 Å². The molecule has 1 heterocycles. The van der Waals surface area contributed by atoms with Gasteiger partial charge in [0.15, 0.2) is 23.0 Å². The molecule has 0 aromatic heterocycles.